The van der Waals surface area contributed by atoms with E-state index in [9.17, 15) is 13.2 Å². The molecule has 0 aliphatic heterocycles. The van der Waals surface area contributed by atoms with Crippen LogP contribution in [-0.2, 0) is 21.4 Å². The van der Waals surface area contributed by atoms with Gasteiger partial charge in [0.2, 0.25) is 15.9 Å². The Balaban J connectivity index is 1.91. The molecule has 2 aromatic carbocycles. The SMILES string of the molecule is N#Cc1cccc(S(=O)(=O)NCC(=O)NCc2ccccc2)c1. The number of amides is 1. The summed E-state index contributed by atoms with van der Waals surface area (Å²) in [5.74, 6) is -0.436. The minimum Gasteiger partial charge on any atom is -0.351 e. The molecule has 0 aromatic heterocycles. The number of nitrogens with zero attached hydrogens (tertiary/aromatic N) is 1. The van der Waals surface area contributed by atoms with Gasteiger partial charge < -0.3 is 5.32 Å². The van der Waals surface area contributed by atoms with Crippen LogP contribution in [-0.4, -0.2) is 20.9 Å². The van der Waals surface area contributed by atoms with Crippen LogP contribution in [0.4, 0.5) is 0 Å². The normalized spacial score (nSPS) is 10.7. The first-order valence-electron chi connectivity index (χ1n) is 6.82. The van der Waals surface area contributed by atoms with E-state index >= 15 is 0 Å². The molecule has 0 bridgehead atoms. The zero-order chi connectivity index (χ0) is 16.7. The minimum absolute atomic E-state index is 0.0487. The predicted molar refractivity (Wildman–Crippen MR) is 84.6 cm³/mol. The van der Waals surface area contributed by atoms with Crippen molar-refractivity contribution in [1.82, 2.24) is 10.0 Å². The van der Waals surface area contributed by atoms with Crippen LogP contribution in [0.15, 0.2) is 59.5 Å². The highest BCUT2D eigenvalue weighted by Crippen LogP contribution is 2.10. The highest BCUT2D eigenvalue weighted by atomic mass is 32.2. The average molecular weight is 329 g/mol. The molecule has 6 nitrogen and oxygen atoms in total. The molecule has 118 valence electrons. The first kappa shape index (κ1) is 16.7. The van der Waals surface area contributed by atoms with Crippen molar-refractivity contribution in [2.75, 3.05) is 6.54 Å². The lowest BCUT2D eigenvalue weighted by atomic mass is 10.2. The third kappa shape index (κ3) is 4.92. The van der Waals surface area contributed by atoms with Crippen LogP contribution in [0.1, 0.15) is 11.1 Å². The number of sulfonamides is 1. The lowest BCUT2D eigenvalue weighted by molar-refractivity contribution is -0.120. The van der Waals surface area contributed by atoms with Gasteiger partial charge in [0.1, 0.15) is 0 Å². The molecule has 0 saturated carbocycles. The maximum atomic E-state index is 12.1. The van der Waals surface area contributed by atoms with E-state index in [1.807, 2.05) is 36.4 Å². The van der Waals surface area contributed by atoms with Crippen LogP contribution in [0, 0.1) is 11.3 Å². The summed E-state index contributed by atoms with van der Waals surface area (Å²) in [7, 11) is -3.83. The van der Waals surface area contributed by atoms with Gasteiger partial charge in [0.25, 0.3) is 0 Å². The molecule has 1 amide bonds. The van der Waals surface area contributed by atoms with Gasteiger partial charge in [0.15, 0.2) is 0 Å². The maximum Gasteiger partial charge on any atom is 0.241 e. The minimum atomic E-state index is -3.83. The Bertz CT molecular complexity index is 827. The van der Waals surface area contributed by atoms with Gasteiger partial charge in [0, 0.05) is 6.54 Å². The summed E-state index contributed by atoms with van der Waals surface area (Å²) in [4.78, 5) is 11.7. The van der Waals surface area contributed by atoms with Crippen LogP contribution < -0.4 is 10.0 Å². The van der Waals surface area contributed by atoms with Crippen molar-refractivity contribution < 1.29 is 13.2 Å². The Morgan fingerprint density at radius 3 is 2.52 bits per heavy atom. The molecule has 2 N–H and O–H groups in total. The van der Waals surface area contributed by atoms with Crippen molar-refractivity contribution in [3.8, 4) is 6.07 Å². The summed E-state index contributed by atoms with van der Waals surface area (Å²) in [5, 5.41) is 11.4. The monoisotopic (exact) mass is 329 g/mol. The Kier molecular flexibility index (Phi) is 5.46. The van der Waals surface area contributed by atoms with E-state index in [0.29, 0.717) is 6.54 Å². The standard InChI is InChI=1S/C16H15N3O3S/c17-10-14-7-4-8-15(9-14)23(21,22)19-12-16(20)18-11-13-5-2-1-3-6-13/h1-9,19H,11-12H2,(H,18,20). The summed E-state index contributed by atoms with van der Waals surface area (Å²) in [6.07, 6.45) is 0. The smallest absolute Gasteiger partial charge is 0.241 e. The van der Waals surface area contributed by atoms with Crippen LogP contribution in [0.25, 0.3) is 0 Å². The van der Waals surface area contributed by atoms with Crippen LogP contribution >= 0.6 is 0 Å². The molecule has 0 unspecified atom stereocenters. The van der Waals surface area contributed by atoms with E-state index in [2.05, 4.69) is 10.0 Å². The number of carbonyl (C=O) groups excluding carboxylic acids is 1. The van der Waals surface area contributed by atoms with E-state index in [1.165, 1.54) is 24.3 Å². The zero-order valence-electron chi connectivity index (χ0n) is 12.2. The molecule has 0 spiro atoms. The van der Waals surface area contributed by atoms with Crippen LogP contribution in [0.5, 0.6) is 0 Å². The second kappa shape index (κ2) is 7.54. The number of nitriles is 1. The van der Waals surface area contributed by atoms with Crippen molar-refractivity contribution in [1.29, 1.82) is 5.26 Å². The summed E-state index contributed by atoms with van der Waals surface area (Å²) in [6.45, 7) is -0.0444. The van der Waals surface area contributed by atoms with Crippen molar-refractivity contribution in [3.63, 3.8) is 0 Å². The van der Waals surface area contributed by atoms with Crippen molar-refractivity contribution >= 4 is 15.9 Å². The van der Waals surface area contributed by atoms with Crippen molar-refractivity contribution in [2.45, 2.75) is 11.4 Å². The van der Waals surface area contributed by atoms with Gasteiger partial charge in [-0.25, -0.2) is 13.1 Å². The fourth-order valence-corrected chi connectivity index (χ4v) is 2.86. The van der Waals surface area contributed by atoms with E-state index in [0.717, 1.165) is 5.56 Å². The molecule has 0 heterocycles. The summed E-state index contributed by atoms with van der Waals surface area (Å²) in [6, 6.07) is 16.8. The molecule has 0 saturated heterocycles. The zero-order valence-corrected chi connectivity index (χ0v) is 13.0. The van der Waals surface area contributed by atoms with Crippen molar-refractivity contribution in [3.05, 3.63) is 65.7 Å². The van der Waals surface area contributed by atoms with E-state index in [4.69, 9.17) is 5.26 Å². The summed E-state index contributed by atoms with van der Waals surface area (Å²) in [5.41, 5.74) is 1.16. The highest BCUT2D eigenvalue weighted by molar-refractivity contribution is 7.89. The summed E-state index contributed by atoms with van der Waals surface area (Å²) < 4.78 is 26.4. The first-order valence-corrected chi connectivity index (χ1v) is 8.30. The molecule has 0 atom stereocenters. The molecule has 0 fully saturated rings. The van der Waals surface area contributed by atoms with E-state index < -0.39 is 15.9 Å². The molecule has 23 heavy (non-hydrogen) atoms. The molecule has 2 aromatic rings. The Morgan fingerprint density at radius 2 is 1.83 bits per heavy atom. The van der Waals surface area contributed by atoms with E-state index in [-0.39, 0.29) is 17.0 Å². The number of rotatable bonds is 6. The fraction of sp³-hybridized carbons (Fsp3) is 0.125. The summed E-state index contributed by atoms with van der Waals surface area (Å²) >= 11 is 0. The highest BCUT2D eigenvalue weighted by Gasteiger charge is 2.15. The fourth-order valence-electron chi connectivity index (χ4n) is 1.84. The predicted octanol–water partition coefficient (Wildman–Crippen LogP) is 1.15. The average Bonchev–Trinajstić information content (AvgIpc) is 2.59. The molecule has 0 aliphatic rings. The lowest BCUT2D eigenvalue weighted by Crippen LogP contribution is -2.36. The Labute approximate surface area is 134 Å². The molecule has 0 radical (unpaired) electrons. The molecule has 2 rings (SSSR count). The van der Waals surface area contributed by atoms with Gasteiger partial charge in [-0.1, -0.05) is 36.4 Å². The van der Waals surface area contributed by atoms with Gasteiger partial charge in [-0.05, 0) is 23.8 Å². The maximum absolute atomic E-state index is 12.1. The van der Waals surface area contributed by atoms with Gasteiger partial charge in [-0.15, -0.1) is 0 Å². The molecular formula is C16H15N3O3S. The second-order valence-electron chi connectivity index (χ2n) is 4.73. The Hall–Kier alpha value is -2.69. The third-order valence-corrected chi connectivity index (χ3v) is 4.43. The molecule has 7 heteroatoms. The third-order valence-electron chi connectivity index (χ3n) is 3.03. The van der Waals surface area contributed by atoms with Gasteiger partial charge >= 0.3 is 0 Å². The number of nitrogens with one attached hydrogen (secondary N) is 2. The number of hydrogen-bond donors (Lipinski definition) is 2. The van der Waals surface area contributed by atoms with Gasteiger partial charge in [-0.2, -0.15) is 5.26 Å². The van der Waals surface area contributed by atoms with Crippen molar-refractivity contribution in [2.24, 2.45) is 0 Å². The molecular weight excluding hydrogens is 314 g/mol. The number of benzene rings is 2. The van der Waals surface area contributed by atoms with E-state index in [1.54, 1.807) is 0 Å². The van der Waals surface area contributed by atoms with Gasteiger partial charge in [0.05, 0.1) is 23.1 Å². The largest absolute Gasteiger partial charge is 0.351 e. The number of hydrogen-bond acceptors (Lipinski definition) is 4. The first-order chi connectivity index (χ1) is 11.0. The van der Waals surface area contributed by atoms with Crippen LogP contribution in [0.2, 0.25) is 0 Å². The second-order valence-corrected chi connectivity index (χ2v) is 6.49. The Morgan fingerprint density at radius 1 is 1.09 bits per heavy atom. The topological polar surface area (TPSA) is 99.1 Å². The van der Waals surface area contributed by atoms with Gasteiger partial charge in [-0.3, -0.25) is 4.79 Å². The number of carbonyl (C=O) groups is 1. The lowest BCUT2D eigenvalue weighted by Gasteiger charge is -2.08. The molecule has 0 aliphatic carbocycles. The quantitative estimate of drug-likeness (QED) is 0.830. The van der Waals surface area contributed by atoms with Crippen LogP contribution in [0.3, 0.4) is 0 Å².